The van der Waals surface area contributed by atoms with Gasteiger partial charge >= 0.3 is 6.01 Å². The normalized spacial score (nSPS) is 10.0. The lowest BCUT2D eigenvalue weighted by atomic mass is 10.2. The summed E-state index contributed by atoms with van der Waals surface area (Å²) in [6.45, 7) is 1.98. The summed E-state index contributed by atoms with van der Waals surface area (Å²) in [5, 5.41) is 3.05. The highest BCUT2D eigenvalue weighted by Gasteiger charge is 2.09. The Labute approximate surface area is 116 Å². The van der Waals surface area contributed by atoms with E-state index in [9.17, 15) is 0 Å². The maximum atomic E-state index is 5.31. The number of rotatable bonds is 5. The van der Waals surface area contributed by atoms with E-state index in [1.807, 2.05) is 25.1 Å². The van der Waals surface area contributed by atoms with E-state index in [1.165, 1.54) is 7.11 Å². The molecule has 0 aliphatic heterocycles. The molecular formula is C12H16N6O2. The molecule has 8 heteroatoms. The summed E-state index contributed by atoms with van der Waals surface area (Å²) in [6, 6.07) is 5.88. The van der Waals surface area contributed by atoms with Crippen LogP contribution in [-0.4, -0.2) is 29.2 Å². The van der Waals surface area contributed by atoms with Crippen molar-refractivity contribution in [3.05, 3.63) is 23.8 Å². The molecule has 2 rings (SSSR count). The predicted molar refractivity (Wildman–Crippen MR) is 75.2 cm³/mol. The largest absolute Gasteiger partial charge is 0.495 e. The Balaban J connectivity index is 2.36. The molecule has 0 aliphatic carbocycles. The van der Waals surface area contributed by atoms with Gasteiger partial charge in [-0.25, -0.2) is 5.84 Å². The van der Waals surface area contributed by atoms with Crippen molar-refractivity contribution < 1.29 is 9.47 Å². The van der Waals surface area contributed by atoms with Gasteiger partial charge in [0, 0.05) is 0 Å². The van der Waals surface area contributed by atoms with E-state index in [-0.39, 0.29) is 12.0 Å². The number of nitrogens with one attached hydrogen (secondary N) is 2. The van der Waals surface area contributed by atoms with E-state index in [1.54, 1.807) is 7.11 Å². The lowest BCUT2D eigenvalue weighted by Gasteiger charge is -2.11. The first-order chi connectivity index (χ1) is 9.66. The van der Waals surface area contributed by atoms with Gasteiger partial charge < -0.3 is 14.8 Å². The summed E-state index contributed by atoms with van der Waals surface area (Å²) in [7, 11) is 3.06. The maximum absolute atomic E-state index is 5.31. The Morgan fingerprint density at radius 3 is 2.45 bits per heavy atom. The second kappa shape index (κ2) is 6.02. The van der Waals surface area contributed by atoms with Gasteiger partial charge in [0.05, 0.1) is 19.9 Å². The summed E-state index contributed by atoms with van der Waals surface area (Å²) >= 11 is 0. The molecule has 0 aliphatic rings. The lowest BCUT2D eigenvalue weighted by Crippen LogP contribution is -2.13. The van der Waals surface area contributed by atoms with Crippen LogP contribution in [0.4, 0.5) is 17.6 Å². The molecule has 0 unspecified atom stereocenters. The Hall–Kier alpha value is -2.61. The summed E-state index contributed by atoms with van der Waals surface area (Å²) < 4.78 is 10.3. The lowest BCUT2D eigenvalue weighted by molar-refractivity contribution is 0.379. The second-order valence-corrected chi connectivity index (χ2v) is 3.94. The van der Waals surface area contributed by atoms with Crippen molar-refractivity contribution in [2.45, 2.75) is 6.92 Å². The van der Waals surface area contributed by atoms with Gasteiger partial charge in [-0.05, 0) is 24.6 Å². The highest BCUT2D eigenvalue weighted by atomic mass is 16.5. The number of hydrogen-bond acceptors (Lipinski definition) is 8. The van der Waals surface area contributed by atoms with Crippen LogP contribution in [0.25, 0.3) is 0 Å². The zero-order valence-corrected chi connectivity index (χ0v) is 11.5. The molecule has 8 nitrogen and oxygen atoms in total. The van der Waals surface area contributed by atoms with Gasteiger partial charge in [-0.3, -0.25) is 5.43 Å². The van der Waals surface area contributed by atoms with Crippen LogP contribution in [0, 0.1) is 6.92 Å². The third-order valence-corrected chi connectivity index (χ3v) is 2.53. The number of hydrogen-bond donors (Lipinski definition) is 3. The molecule has 20 heavy (non-hydrogen) atoms. The Bertz CT molecular complexity index is 582. The molecule has 0 saturated heterocycles. The average Bonchev–Trinajstić information content (AvgIpc) is 2.47. The van der Waals surface area contributed by atoms with Gasteiger partial charge in [-0.15, -0.1) is 0 Å². The van der Waals surface area contributed by atoms with E-state index < -0.39 is 0 Å². The minimum absolute atomic E-state index is 0.155. The van der Waals surface area contributed by atoms with Gasteiger partial charge in [-0.1, -0.05) is 6.07 Å². The van der Waals surface area contributed by atoms with Crippen LogP contribution in [0.15, 0.2) is 18.2 Å². The number of aromatic nitrogens is 3. The maximum Gasteiger partial charge on any atom is 0.322 e. The zero-order valence-electron chi connectivity index (χ0n) is 11.5. The smallest absolute Gasteiger partial charge is 0.322 e. The molecule has 1 heterocycles. The number of nitrogens with two attached hydrogens (primary N) is 1. The van der Waals surface area contributed by atoms with Crippen molar-refractivity contribution in [3.63, 3.8) is 0 Å². The van der Waals surface area contributed by atoms with Crippen molar-refractivity contribution in [3.8, 4) is 11.8 Å². The highest BCUT2D eigenvalue weighted by molar-refractivity contribution is 5.64. The first-order valence-corrected chi connectivity index (χ1v) is 5.84. The van der Waals surface area contributed by atoms with Crippen molar-refractivity contribution in [1.29, 1.82) is 0 Å². The summed E-state index contributed by atoms with van der Waals surface area (Å²) in [5.41, 5.74) is 4.17. The SMILES string of the molecule is COc1nc(NN)nc(Nc2cc(C)ccc2OC)n1. The van der Waals surface area contributed by atoms with E-state index in [2.05, 4.69) is 25.7 Å². The van der Waals surface area contributed by atoms with E-state index in [0.29, 0.717) is 11.7 Å². The molecule has 0 fully saturated rings. The molecule has 1 aromatic carbocycles. The fraction of sp³-hybridized carbons (Fsp3) is 0.250. The molecular weight excluding hydrogens is 260 g/mol. The van der Waals surface area contributed by atoms with Crippen molar-refractivity contribution in [2.75, 3.05) is 25.0 Å². The van der Waals surface area contributed by atoms with E-state index in [0.717, 1.165) is 11.3 Å². The predicted octanol–water partition coefficient (Wildman–Crippen LogP) is 1.23. The number of nitrogen functional groups attached to an aromatic ring is 1. The molecule has 2 aromatic rings. The second-order valence-electron chi connectivity index (χ2n) is 3.94. The van der Waals surface area contributed by atoms with Crippen LogP contribution in [0.5, 0.6) is 11.8 Å². The fourth-order valence-electron chi connectivity index (χ4n) is 1.61. The Morgan fingerprint density at radius 1 is 1.05 bits per heavy atom. The quantitative estimate of drug-likeness (QED) is 0.553. The molecule has 0 amide bonds. The zero-order chi connectivity index (χ0) is 14.5. The van der Waals surface area contributed by atoms with Crippen LogP contribution < -0.4 is 26.1 Å². The summed E-state index contributed by atoms with van der Waals surface area (Å²) in [6.07, 6.45) is 0. The molecule has 4 N–H and O–H groups in total. The number of methoxy groups -OCH3 is 2. The number of ether oxygens (including phenoxy) is 2. The van der Waals surface area contributed by atoms with Gasteiger partial charge in [0.1, 0.15) is 5.75 Å². The molecule has 0 spiro atoms. The minimum Gasteiger partial charge on any atom is -0.495 e. The van der Waals surface area contributed by atoms with Gasteiger partial charge in [0.2, 0.25) is 11.9 Å². The average molecular weight is 276 g/mol. The van der Waals surface area contributed by atoms with Crippen LogP contribution in [0.2, 0.25) is 0 Å². The first-order valence-electron chi connectivity index (χ1n) is 5.84. The standard InChI is InChI=1S/C12H16N6O2/c1-7-4-5-9(19-2)8(6-7)14-10-15-11(18-13)17-12(16-10)20-3/h4-6H,13H2,1-3H3,(H2,14,15,16,17,18). The first kappa shape index (κ1) is 13.8. The number of benzene rings is 1. The van der Waals surface area contributed by atoms with E-state index in [4.69, 9.17) is 15.3 Å². The van der Waals surface area contributed by atoms with Crippen LogP contribution in [-0.2, 0) is 0 Å². The molecule has 0 radical (unpaired) electrons. The van der Waals surface area contributed by atoms with Gasteiger partial charge in [0.25, 0.3) is 0 Å². The minimum atomic E-state index is 0.155. The molecule has 0 saturated carbocycles. The van der Waals surface area contributed by atoms with Crippen molar-refractivity contribution in [2.24, 2.45) is 5.84 Å². The highest BCUT2D eigenvalue weighted by Crippen LogP contribution is 2.27. The number of nitrogens with zero attached hydrogens (tertiary/aromatic N) is 3. The van der Waals surface area contributed by atoms with Gasteiger partial charge in [-0.2, -0.15) is 15.0 Å². The summed E-state index contributed by atoms with van der Waals surface area (Å²) in [4.78, 5) is 12.1. The topological polar surface area (TPSA) is 107 Å². The van der Waals surface area contributed by atoms with Crippen molar-refractivity contribution in [1.82, 2.24) is 15.0 Å². The number of hydrazine groups is 1. The Kier molecular flexibility index (Phi) is 4.16. The number of anilines is 3. The third-order valence-electron chi connectivity index (χ3n) is 2.53. The van der Waals surface area contributed by atoms with Crippen LogP contribution in [0.3, 0.4) is 0 Å². The number of aryl methyl sites for hydroxylation is 1. The molecule has 0 atom stereocenters. The molecule has 1 aromatic heterocycles. The molecule has 0 bridgehead atoms. The fourth-order valence-corrected chi connectivity index (χ4v) is 1.61. The van der Waals surface area contributed by atoms with Gasteiger partial charge in [0.15, 0.2) is 0 Å². The van der Waals surface area contributed by atoms with Crippen LogP contribution in [0.1, 0.15) is 5.56 Å². The third kappa shape index (κ3) is 3.04. The van der Waals surface area contributed by atoms with E-state index >= 15 is 0 Å². The monoisotopic (exact) mass is 276 g/mol. The van der Waals surface area contributed by atoms with Crippen molar-refractivity contribution >= 4 is 17.6 Å². The molecule has 106 valence electrons. The van der Waals surface area contributed by atoms with Crippen LogP contribution >= 0.6 is 0 Å². The summed E-state index contributed by atoms with van der Waals surface area (Å²) in [5.74, 6) is 6.48. The Morgan fingerprint density at radius 2 is 1.80 bits per heavy atom.